The lowest BCUT2D eigenvalue weighted by atomic mass is 10.1. The summed E-state index contributed by atoms with van der Waals surface area (Å²) in [7, 11) is 5.00. The van der Waals surface area contributed by atoms with E-state index < -0.39 is 5.97 Å². The quantitative estimate of drug-likeness (QED) is 0.0402. The van der Waals surface area contributed by atoms with Gasteiger partial charge in [0.2, 0.25) is 10.6 Å². The van der Waals surface area contributed by atoms with Gasteiger partial charge in [0.1, 0.15) is 16.2 Å². The molecule has 10 rings (SSSR count). The van der Waals surface area contributed by atoms with E-state index in [1.54, 1.807) is 130 Å². The van der Waals surface area contributed by atoms with E-state index in [1.165, 1.54) is 24.9 Å². The highest BCUT2D eigenvalue weighted by molar-refractivity contribution is 7.98. The molecule has 0 spiro atoms. The van der Waals surface area contributed by atoms with Crippen LogP contribution in [0.25, 0.3) is 56.3 Å². The second-order valence-corrected chi connectivity index (χ2v) is 19.1. The number of carbonyl (C=O) groups is 3. The van der Waals surface area contributed by atoms with Gasteiger partial charge in [0.05, 0.1) is 35.4 Å². The van der Waals surface area contributed by atoms with Crippen LogP contribution in [0.2, 0.25) is 20.6 Å². The molecule has 0 unspecified atom stereocenters. The molecule has 4 heterocycles. The predicted molar refractivity (Wildman–Crippen MR) is 310 cm³/mol. The van der Waals surface area contributed by atoms with Crippen molar-refractivity contribution in [1.29, 1.82) is 0 Å². The first-order valence-electron chi connectivity index (χ1n) is 23.4. The number of hydrogen-bond acceptors (Lipinski definition) is 13. The van der Waals surface area contributed by atoms with Crippen LogP contribution in [0.4, 0.5) is 5.69 Å². The molecule has 0 saturated carbocycles. The van der Waals surface area contributed by atoms with Crippen molar-refractivity contribution in [2.75, 3.05) is 32.8 Å². The molecule has 390 valence electrons. The van der Waals surface area contributed by atoms with Crippen molar-refractivity contribution in [1.82, 2.24) is 44.2 Å². The fourth-order valence-electron chi connectivity index (χ4n) is 7.47. The van der Waals surface area contributed by atoms with Crippen molar-refractivity contribution >= 4 is 92.5 Å². The number of carbonyl (C=O) groups excluding carboxylic acids is 3. The van der Waals surface area contributed by atoms with Crippen LogP contribution in [0, 0.1) is 0 Å². The Morgan fingerprint density at radius 3 is 1.68 bits per heavy atom. The van der Waals surface area contributed by atoms with Crippen molar-refractivity contribution in [3.63, 3.8) is 0 Å². The van der Waals surface area contributed by atoms with E-state index in [1.807, 2.05) is 87.1 Å². The summed E-state index contributed by atoms with van der Waals surface area (Å²) in [4.78, 5) is 72.2. The summed E-state index contributed by atoms with van der Waals surface area (Å²) in [6, 6.07) is 48.3. The number of esters is 1. The number of ketones is 1. The minimum Gasteiger partial charge on any atom is -0.465 e. The van der Waals surface area contributed by atoms with Gasteiger partial charge in [-0.2, -0.15) is 5.10 Å². The minimum absolute atomic E-state index is 0.102. The average Bonchev–Trinajstić information content (AvgIpc) is 4.02. The largest absolute Gasteiger partial charge is 0.465 e. The molecule has 0 aliphatic heterocycles. The Bertz CT molecular complexity index is 3830. The van der Waals surface area contributed by atoms with Gasteiger partial charge in [-0.1, -0.05) is 89.9 Å². The van der Waals surface area contributed by atoms with Crippen LogP contribution in [-0.4, -0.2) is 89.3 Å². The highest BCUT2D eigenvalue weighted by Gasteiger charge is 2.23. The Hall–Kier alpha value is -8.51. The molecular weight excluding hydrogens is 1090 g/mol. The summed E-state index contributed by atoms with van der Waals surface area (Å²) in [5, 5.41) is 10.2. The van der Waals surface area contributed by atoms with E-state index in [0.29, 0.717) is 71.4 Å². The van der Waals surface area contributed by atoms with Crippen LogP contribution in [0.3, 0.4) is 0 Å². The maximum Gasteiger partial charge on any atom is 0.337 e. The number of para-hydroxylation sites is 1. The van der Waals surface area contributed by atoms with Gasteiger partial charge in [-0.3, -0.25) is 19.0 Å². The molecule has 20 heteroatoms. The number of aromatic nitrogens is 8. The Balaban J connectivity index is 0.000000171. The molecule has 1 N–H and O–H groups in total. The lowest BCUT2D eigenvalue weighted by Crippen LogP contribution is -2.22. The maximum absolute atomic E-state index is 14.1. The molecule has 0 atom stereocenters. The molecule has 78 heavy (non-hydrogen) atoms. The Kier molecular flexibility index (Phi) is 18.6. The van der Waals surface area contributed by atoms with Crippen molar-refractivity contribution in [3.05, 3.63) is 236 Å². The number of fused-ring (bicyclic) bond motifs is 1. The van der Waals surface area contributed by atoms with Gasteiger partial charge in [0.25, 0.3) is 11.5 Å². The maximum atomic E-state index is 14.1. The molecule has 1 amide bonds. The van der Waals surface area contributed by atoms with E-state index in [4.69, 9.17) is 56.5 Å². The fraction of sp³-hybridized carbons (Fsp3) is 0.0690. The number of halogens is 4. The van der Waals surface area contributed by atoms with Crippen LogP contribution in [0.5, 0.6) is 0 Å². The molecule has 4 aromatic heterocycles. The van der Waals surface area contributed by atoms with Crippen LogP contribution in [0.15, 0.2) is 198 Å². The van der Waals surface area contributed by atoms with Crippen molar-refractivity contribution in [2.45, 2.75) is 5.03 Å². The van der Waals surface area contributed by atoms with E-state index >= 15 is 0 Å². The zero-order chi connectivity index (χ0) is 55.3. The number of allylic oxidation sites excluding steroid dienone is 1. The number of ether oxygens (including phenoxy) is 1. The van der Waals surface area contributed by atoms with Crippen molar-refractivity contribution in [3.8, 4) is 45.3 Å². The molecule has 15 nitrogen and oxygen atoms in total. The smallest absolute Gasteiger partial charge is 0.337 e. The molecule has 0 bridgehead atoms. The Morgan fingerprint density at radius 2 is 1.14 bits per heavy atom. The Labute approximate surface area is 472 Å². The molecule has 0 aliphatic rings. The number of nitrogens with zero attached hydrogens (tertiary/aromatic N) is 9. The minimum atomic E-state index is -0.409. The number of rotatable bonds is 12. The third-order valence-corrected chi connectivity index (χ3v) is 12.8. The zero-order valence-electron chi connectivity index (χ0n) is 41.9. The summed E-state index contributed by atoms with van der Waals surface area (Å²) >= 11 is 25.2. The molecule has 0 saturated heterocycles. The zero-order valence-corrected chi connectivity index (χ0v) is 45.7. The van der Waals surface area contributed by atoms with E-state index in [2.05, 4.69) is 30.0 Å². The van der Waals surface area contributed by atoms with Gasteiger partial charge >= 0.3 is 5.97 Å². The predicted octanol–water partition coefficient (Wildman–Crippen LogP) is 13.2. The highest BCUT2D eigenvalue weighted by atomic mass is 35.5. The van der Waals surface area contributed by atoms with Crippen molar-refractivity contribution in [2.24, 2.45) is 0 Å². The van der Waals surface area contributed by atoms with Gasteiger partial charge in [-0.15, -0.1) is 11.8 Å². The highest BCUT2D eigenvalue weighted by Crippen LogP contribution is 2.30. The van der Waals surface area contributed by atoms with Crippen LogP contribution >= 0.6 is 58.2 Å². The first-order chi connectivity index (χ1) is 37.7. The molecule has 0 fully saturated rings. The lowest BCUT2D eigenvalue weighted by Gasteiger charge is -2.14. The number of amides is 1. The number of hydrogen-bond donors (Lipinski definition) is 1. The molecule has 0 radical (unpaired) electrons. The SMILES string of the molecule is COC(=O)c1ccc(C(=O)/C=C/N(C)C)cc1.CSc1nn(-c2ccccc2)c2nc(-c3ccc(-c4ccnc(Cl)n4)cc3)n(-c3ccc(Cl)cc3)c(=O)c12.O=C(Nc1ccc(Cl)cc1)c1ccc(-c2ccnc(Cl)n2)cc1. The van der Waals surface area contributed by atoms with Crippen LogP contribution in [0.1, 0.15) is 31.1 Å². The first kappa shape index (κ1) is 55.7. The monoisotopic (exact) mass is 1130 g/mol. The number of benzene rings is 6. The van der Waals surface area contributed by atoms with Crippen molar-refractivity contribution < 1.29 is 19.1 Å². The van der Waals surface area contributed by atoms with Crippen LogP contribution in [-0.2, 0) is 4.74 Å². The lowest BCUT2D eigenvalue weighted by molar-refractivity contribution is 0.0600. The summed E-state index contributed by atoms with van der Waals surface area (Å²) in [6.45, 7) is 0. The summed E-state index contributed by atoms with van der Waals surface area (Å²) < 4.78 is 7.89. The van der Waals surface area contributed by atoms with Gasteiger partial charge in [0.15, 0.2) is 11.4 Å². The number of anilines is 1. The van der Waals surface area contributed by atoms with E-state index in [9.17, 15) is 19.2 Å². The number of nitrogens with one attached hydrogen (secondary N) is 1. The summed E-state index contributed by atoms with van der Waals surface area (Å²) in [5.41, 5.74) is 7.79. The van der Waals surface area contributed by atoms with Gasteiger partial charge in [-0.05, 0) is 127 Å². The normalized spacial score (nSPS) is 10.8. The number of methoxy groups -OCH3 is 1. The second kappa shape index (κ2) is 26.0. The first-order valence-corrected chi connectivity index (χ1v) is 26.2. The van der Waals surface area contributed by atoms with E-state index in [0.717, 1.165) is 22.4 Å². The standard InChI is InChI=1S/C28H18Cl2N6OS.C17H11Cl2N3O.C13H15NO3/c1-38-26-23-25(36(34-26)21-5-3-2-4-6-21)33-24(35(27(23)37)20-13-11-19(29)12-14-20)18-9-7-17(8-10-18)22-15-16-31-28(30)32-22;18-13-5-7-14(8-6-13)21-16(23)12-3-1-11(2-4-12)15-9-10-20-17(19)22-15;1-14(2)9-8-12(15)10-4-6-11(7-5-10)13(16)17-3/h2-16H,1H3;1-10H,(H,21,23);4-9H,1-3H3/b;;9-8+. The van der Waals surface area contributed by atoms with Gasteiger partial charge in [0, 0.05) is 82.3 Å². The van der Waals surface area contributed by atoms with Gasteiger partial charge in [-0.25, -0.2) is 34.4 Å². The summed E-state index contributed by atoms with van der Waals surface area (Å²) in [5.74, 6) is -0.232. The fourth-order valence-corrected chi connectivity index (χ4v) is 8.56. The van der Waals surface area contributed by atoms with Gasteiger partial charge < -0.3 is 15.0 Å². The topological polar surface area (TPSA) is 180 Å². The Morgan fingerprint density at radius 1 is 0.615 bits per heavy atom. The molecule has 10 aromatic rings. The molecular formula is C58H44Cl4N10O5S. The van der Waals surface area contributed by atoms with E-state index in [-0.39, 0.29) is 27.8 Å². The third-order valence-electron chi connectivity index (χ3n) is 11.3. The average molecular weight is 1130 g/mol. The molecule has 6 aromatic carbocycles. The molecule has 0 aliphatic carbocycles. The second-order valence-electron chi connectivity index (χ2n) is 16.8. The van der Waals surface area contributed by atoms with Crippen LogP contribution < -0.4 is 10.9 Å². The summed E-state index contributed by atoms with van der Waals surface area (Å²) in [6.07, 6.45) is 8.26. The number of thioether (sulfide) groups is 1. The third kappa shape index (κ3) is 13.9.